The van der Waals surface area contributed by atoms with Gasteiger partial charge in [-0.2, -0.15) is 0 Å². The average molecular weight is 324 g/mol. The van der Waals surface area contributed by atoms with Crippen molar-refractivity contribution in [3.8, 4) is 0 Å². The predicted octanol–water partition coefficient (Wildman–Crippen LogP) is 2.29. The summed E-state index contributed by atoms with van der Waals surface area (Å²) in [6.07, 6.45) is 9.15. The normalized spacial score (nSPS) is 26.2. The van der Waals surface area contributed by atoms with Crippen LogP contribution in [-0.2, 0) is 14.3 Å². The molecule has 1 atom stereocenters. The number of hydrogen-bond acceptors (Lipinski definition) is 5. The van der Waals surface area contributed by atoms with E-state index in [-0.39, 0.29) is 24.3 Å². The van der Waals surface area contributed by atoms with Crippen LogP contribution < -0.4 is 5.32 Å². The summed E-state index contributed by atoms with van der Waals surface area (Å²) in [6.45, 7) is 5.18. The Morgan fingerprint density at radius 3 is 2.65 bits per heavy atom. The Kier molecular flexibility index (Phi) is 8.61. The van der Waals surface area contributed by atoms with Crippen LogP contribution in [0.2, 0.25) is 0 Å². The van der Waals surface area contributed by atoms with E-state index in [0.29, 0.717) is 13.0 Å². The number of ether oxygens (including phenoxy) is 1. The molecule has 0 radical (unpaired) electrons. The van der Waals surface area contributed by atoms with E-state index in [2.05, 4.69) is 10.2 Å². The first-order valence-electron chi connectivity index (χ1n) is 9.38. The van der Waals surface area contributed by atoms with Gasteiger partial charge in [-0.05, 0) is 64.7 Å². The highest BCUT2D eigenvalue weighted by atomic mass is 16.5. The van der Waals surface area contributed by atoms with E-state index in [4.69, 9.17) is 4.74 Å². The highest BCUT2D eigenvalue weighted by Gasteiger charge is 2.18. The maximum Gasteiger partial charge on any atom is 0.313 e. The molecule has 1 unspecified atom stereocenters. The van der Waals surface area contributed by atoms with Crippen LogP contribution in [-0.4, -0.2) is 55.5 Å². The molecule has 2 fully saturated rings. The fourth-order valence-electron chi connectivity index (χ4n) is 3.42. The first-order chi connectivity index (χ1) is 11.2. The average Bonchev–Trinajstić information content (AvgIpc) is 3.02. The fourth-order valence-corrected chi connectivity index (χ4v) is 3.42. The predicted molar refractivity (Wildman–Crippen MR) is 90.4 cm³/mol. The van der Waals surface area contributed by atoms with Crippen molar-refractivity contribution in [3.05, 3.63) is 0 Å². The number of carbonyl (C=O) groups is 2. The third kappa shape index (κ3) is 7.93. The maximum absolute atomic E-state index is 11.9. The molecule has 2 aliphatic heterocycles. The van der Waals surface area contributed by atoms with Crippen molar-refractivity contribution in [2.24, 2.45) is 0 Å². The van der Waals surface area contributed by atoms with Crippen LogP contribution in [0.3, 0.4) is 0 Å². The van der Waals surface area contributed by atoms with E-state index in [1.54, 1.807) is 0 Å². The molecule has 2 saturated heterocycles. The summed E-state index contributed by atoms with van der Waals surface area (Å²) in [7, 11) is 0. The zero-order valence-corrected chi connectivity index (χ0v) is 14.4. The molecular weight excluding hydrogens is 292 g/mol. The SMILES string of the molecule is O=C1CCCCCCNCC(CCCN2CCCC2)OC(=O)C1. The smallest absolute Gasteiger partial charge is 0.313 e. The van der Waals surface area contributed by atoms with Crippen LogP contribution in [0, 0.1) is 0 Å². The molecule has 0 spiro atoms. The number of ketones is 1. The number of hydrogen-bond donors (Lipinski definition) is 1. The number of Topliss-reactive ketones (excluding diaryl/α,β-unsaturated/α-hetero) is 1. The molecule has 0 bridgehead atoms. The molecule has 0 aromatic carbocycles. The third-order valence-corrected chi connectivity index (χ3v) is 4.77. The summed E-state index contributed by atoms with van der Waals surface area (Å²) >= 11 is 0. The lowest BCUT2D eigenvalue weighted by Crippen LogP contribution is -2.33. The molecule has 0 saturated carbocycles. The zero-order chi connectivity index (χ0) is 16.3. The largest absolute Gasteiger partial charge is 0.461 e. The number of esters is 1. The molecule has 2 aliphatic rings. The van der Waals surface area contributed by atoms with Crippen molar-refractivity contribution in [2.45, 2.75) is 70.3 Å². The van der Waals surface area contributed by atoms with Crippen LogP contribution in [0.1, 0.15) is 64.2 Å². The molecule has 0 aromatic rings. The van der Waals surface area contributed by atoms with Crippen LogP contribution in [0.15, 0.2) is 0 Å². The summed E-state index contributed by atoms with van der Waals surface area (Å²) in [5, 5.41) is 3.41. The second-order valence-corrected chi connectivity index (χ2v) is 6.89. The van der Waals surface area contributed by atoms with Crippen molar-refractivity contribution >= 4 is 11.8 Å². The molecule has 5 heteroatoms. The van der Waals surface area contributed by atoms with Gasteiger partial charge < -0.3 is 15.0 Å². The number of carbonyl (C=O) groups excluding carboxylic acids is 2. The Balaban J connectivity index is 1.75. The molecule has 0 amide bonds. The lowest BCUT2D eigenvalue weighted by atomic mass is 10.1. The van der Waals surface area contributed by atoms with E-state index in [9.17, 15) is 9.59 Å². The Hall–Kier alpha value is -0.940. The number of nitrogens with zero attached hydrogens (tertiary/aromatic N) is 1. The number of likely N-dealkylation sites (tertiary alicyclic amines) is 1. The van der Waals surface area contributed by atoms with E-state index in [0.717, 1.165) is 51.6 Å². The van der Waals surface area contributed by atoms with Crippen molar-refractivity contribution < 1.29 is 14.3 Å². The standard InChI is InChI=1S/C18H32N2O3/c21-16-8-3-1-2-4-10-19-15-17(23-18(22)14-16)9-7-13-20-11-5-6-12-20/h17,19H,1-15H2. The third-order valence-electron chi connectivity index (χ3n) is 4.77. The van der Waals surface area contributed by atoms with E-state index >= 15 is 0 Å². The van der Waals surface area contributed by atoms with Gasteiger partial charge in [-0.15, -0.1) is 0 Å². The minimum Gasteiger partial charge on any atom is -0.461 e. The second kappa shape index (κ2) is 10.8. The van der Waals surface area contributed by atoms with Gasteiger partial charge in [0.15, 0.2) is 0 Å². The summed E-state index contributed by atoms with van der Waals surface area (Å²) in [5.41, 5.74) is 0. The van der Waals surface area contributed by atoms with Gasteiger partial charge >= 0.3 is 5.97 Å². The second-order valence-electron chi connectivity index (χ2n) is 6.89. The fraction of sp³-hybridized carbons (Fsp3) is 0.889. The van der Waals surface area contributed by atoms with Gasteiger partial charge in [-0.25, -0.2) is 0 Å². The van der Waals surface area contributed by atoms with Crippen LogP contribution in [0.4, 0.5) is 0 Å². The topological polar surface area (TPSA) is 58.6 Å². The summed E-state index contributed by atoms with van der Waals surface area (Å²) < 4.78 is 5.56. The quantitative estimate of drug-likeness (QED) is 0.635. The van der Waals surface area contributed by atoms with E-state index in [1.165, 1.54) is 25.9 Å². The van der Waals surface area contributed by atoms with Gasteiger partial charge in [0.1, 0.15) is 18.3 Å². The summed E-state index contributed by atoms with van der Waals surface area (Å²) in [4.78, 5) is 26.2. The van der Waals surface area contributed by atoms with Crippen LogP contribution in [0.25, 0.3) is 0 Å². The van der Waals surface area contributed by atoms with Gasteiger partial charge in [0.25, 0.3) is 0 Å². The minimum atomic E-state index is -0.345. The van der Waals surface area contributed by atoms with Crippen LogP contribution >= 0.6 is 0 Å². The molecule has 132 valence electrons. The summed E-state index contributed by atoms with van der Waals surface area (Å²) in [6, 6.07) is 0. The Morgan fingerprint density at radius 1 is 1.04 bits per heavy atom. The minimum absolute atomic E-state index is 0.0259. The number of cyclic esters (lactones) is 1. The Morgan fingerprint density at radius 2 is 1.83 bits per heavy atom. The maximum atomic E-state index is 11.9. The van der Waals surface area contributed by atoms with Gasteiger partial charge in [0.2, 0.25) is 0 Å². The van der Waals surface area contributed by atoms with Crippen molar-refractivity contribution in [1.29, 1.82) is 0 Å². The summed E-state index contributed by atoms with van der Waals surface area (Å²) in [5.74, 6) is -0.319. The van der Waals surface area contributed by atoms with Gasteiger partial charge in [0, 0.05) is 13.0 Å². The van der Waals surface area contributed by atoms with E-state index in [1.807, 2.05) is 0 Å². The highest BCUT2D eigenvalue weighted by molar-refractivity contribution is 5.95. The molecule has 1 N–H and O–H groups in total. The molecule has 2 rings (SSSR count). The molecule has 0 aliphatic carbocycles. The lowest BCUT2D eigenvalue weighted by Gasteiger charge is -2.20. The Bertz CT molecular complexity index is 367. The van der Waals surface area contributed by atoms with Gasteiger partial charge in [-0.1, -0.05) is 12.8 Å². The van der Waals surface area contributed by atoms with Crippen LogP contribution in [0.5, 0.6) is 0 Å². The number of rotatable bonds is 4. The Labute approximate surface area is 140 Å². The first kappa shape index (κ1) is 18.4. The zero-order valence-electron chi connectivity index (χ0n) is 14.4. The molecule has 5 nitrogen and oxygen atoms in total. The monoisotopic (exact) mass is 324 g/mol. The highest BCUT2D eigenvalue weighted by Crippen LogP contribution is 2.12. The first-order valence-corrected chi connectivity index (χ1v) is 9.38. The molecule has 0 aromatic heterocycles. The lowest BCUT2D eigenvalue weighted by molar-refractivity contribution is -0.151. The van der Waals surface area contributed by atoms with Crippen molar-refractivity contribution in [3.63, 3.8) is 0 Å². The number of nitrogens with one attached hydrogen (secondary N) is 1. The molecule has 23 heavy (non-hydrogen) atoms. The van der Waals surface area contributed by atoms with Crippen molar-refractivity contribution in [1.82, 2.24) is 10.2 Å². The molecular formula is C18H32N2O3. The molecule has 2 heterocycles. The van der Waals surface area contributed by atoms with Gasteiger partial charge in [0.05, 0.1) is 0 Å². The van der Waals surface area contributed by atoms with Gasteiger partial charge in [-0.3, -0.25) is 9.59 Å². The van der Waals surface area contributed by atoms with Crippen molar-refractivity contribution in [2.75, 3.05) is 32.7 Å². The van der Waals surface area contributed by atoms with E-state index < -0.39 is 0 Å².